The first-order valence-corrected chi connectivity index (χ1v) is 11.5. The average Bonchev–Trinajstić information content (AvgIpc) is 3.38. The van der Waals surface area contributed by atoms with Crippen LogP contribution in [-0.4, -0.2) is 36.0 Å². The number of aromatic nitrogens is 5. The first kappa shape index (κ1) is 22.7. The lowest BCUT2D eigenvalue weighted by Crippen LogP contribution is -2.32. The smallest absolute Gasteiger partial charge is 0.231 e. The quantitative estimate of drug-likeness (QED) is 0.417. The fraction of sp³-hybridized carbons (Fsp3) is 0.250. The zero-order valence-electron chi connectivity index (χ0n) is 18.9. The van der Waals surface area contributed by atoms with Gasteiger partial charge in [-0.3, -0.25) is 9.36 Å². The Kier molecular flexibility index (Phi) is 6.60. The molecule has 0 aliphatic rings. The van der Waals surface area contributed by atoms with E-state index < -0.39 is 6.04 Å². The number of imidazole rings is 1. The van der Waals surface area contributed by atoms with Crippen LogP contribution >= 0.6 is 11.8 Å². The number of halogens is 1. The molecule has 0 fully saturated rings. The zero-order valence-corrected chi connectivity index (χ0v) is 19.7. The number of nitrogens with zero attached hydrogens (tertiary/aromatic N) is 5. The number of hydrogen-bond donors (Lipinski definition) is 1. The maximum atomic E-state index is 13.4. The number of nitrogens with one attached hydrogen (secondary N) is 1. The van der Waals surface area contributed by atoms with Gasteiger partial charge in [0.05, 0.1) is 11.4 Å². The van der Waals surface area contributed by atoms with E-state index in [9.17, 15) is 9.18 Å². The maximum absolute atomic E-state index is 13.4. The molecule has 33 heavy (non-hydrogen) atoms. The van der Waals surface area contributed by atoms with Gasteiger partial charge in [0, 0.05) is 19.4 Å². The molecule has 0 radical (unpaired) electrons. The number of rotatable bonds is 7. The Morgan fingerprint density at radius 3 is 2.58 bits per heavy atom. The Balaban J connectivity index is 1.54. The van der Waals surface area contributed by atoms with E-state index in [2.05, 4.69) is 38.7 Å². The summed E-state index contributed by atoms with van der Waals surface area (Å²) in [5.74, 6) is 1.04. The van der Waals surface area contributed by atoms with Crippen molar-refractivity contribution >= 4 is 17.7 Å². The molecule has 1 atom stereocenters. The van der Waals surface area contributed by atoms with Gasteiger partial charge in [0.25, 0.3) is 0 Å². The van der Waals surface area contributed by atoms with Crippen LogP contribution in [0.1, 0.15) is 34.4 Å². The van der Waals surface area contributed by atoms with Gasteiger partial charge in [-0.15, -0.1) is 10.2 Å². The Hall–Kier alpha value is -3.46. The molecule has 0 aliphatic heterocycles. The van der Waals surface area contributed by atoms with Crippen LogP contribution in [0.3, 0.4) is 0 Å². The number of carbonyl (C=O) groups excluding carboxylic acids is 1. The number of benzene rings is 2. The molecule has 0 saturated heterocycles. The molecule has 1 unspecified atom stereocenters. The SMILES string of the molecule is Cc1ccc(C)c(-n2c(C)nnc2SCC(=O)NC(c2ccc(F)cc2)c2nccn2C)c1. The van der Waals surface area contributed by atoms with Crippen LogP contribution < -0.4 is 5.32 Å². The van der Waals surface area contributed by atoms with Crippen molar-refractivity contribution in [2.24, 2.45) is 7.05 Å². The van der Waals surface area contributed by atoms with Crippen molar-refractivity contribution in [2.45, 2.75) is 32.0 Å². The maximum Gasteiger partial charge on any atom is 0.231 e. The van der Waals surface area contributed by atoms with E-state index in [1.807, 2.05) is 43.1 Å². The summed E-state index contributed by atoms with van der Waals surface area (Å²) in [6.07, 6.45) is 3.48. The lowest BCUT2D eigenvalue weighted by atomic mass is 10.1. The summed E-state index contributed by atoms with van der Waals surface area (Å²) in [5, 5.41) is 12.2. The largest absolute Gasteiger partial charge is 0.341 e. The molecule has 0 aliphatic carbocycles. The first-order valence-electron chi connectivity index (χ1n) is 10.5. The third-order valence-electron chi connectivity index (χ3n) is 5.36. The summed E-state index contributed by atoms with van der Waals surface area (Å²) in [6.45, 7) is 5.97. The topological polar surface area (TPSA) is 77.6 Å². The van der Waals surface area contributed by atoms with Gasteiger partial charge in [0.2, 0.25) is 5.91 Å². The minimum atomic E-state index is -0.502. The highest BCUT2D eigenvalue weighted by Crippen LogP contribution is 2.26. The molecule has 4 aromatic rings. The Morgan fingerprint density at radius 2 is 1.88 bits per heavy atom. The summed E-state index contributed by atoms with van der Waals surface area (Å²) in [7, 11) is 1.86. The van der Waals surface area contributed by atoms with E-state index in [1.54, 1.807) is 18.3 Å². The molecular formula is C24H25FN6OS. The second-order valence-corrected chi connectivity index (χ2v) is 8.83. The third kappa shape index (κ3) is 4.98. The molecule has 4 rings (SSSR count). The van der Waals surface area contributed by atoms with Gasteiger partial charge in [0.15, 0.2) is 5.16 Å². The number of amides is 1. The second-order valence-electron chi connectivity index (χ2n) is 7.89. The van der Waals surface area contributed by atoms with Crippen molar-refractivity contribution in [2.75, 3.05) is 5.75 Å². The highest BCUT2D eigenvalue weighted by molar-refractivity contribution is 7.99. The van der Waals surface area contributed by atoms with E-state index in [1.165, 1.54) is 23.9 Å². The fourth-order valence-corrected chi connectivity index (χ4v) is 4.42. The number of hydrogen-bond acceptors (Lipinski definition) is 5. The Morgan fingerprint density at radius 1 is 1.12 bits per heavy atom. The fourth-order valence-electron chi connectivity index (χ4n) is 3.61. The average molecular weight is 465 g/mol. The Labute approximate surface area is 196 Å². The first-order chi connectivity index (χ1) is 15.8. The van der Waals surface area contributed by atoms with E-state index in [-0.39, 0.29) is 17.5 Å². The van der Waals surface area contributed by atoms with Crippen LogP contribution in [0.25, 0.3) is 5.69 Å². The van der Waals surface area contributed by atoms with Crippen LogP contribution in [-0.2, 0) is 11.8 Å². The van der Waals surface area contributed by atoms with Crippen LogP contribution in [0.15, 0.2) is 60.0 Å². The van der Waals surface area contributed by atoms with Gasteiger partial charge in [-0.05, 0) is 55.7 Å². The highest BCUT2D eigenvalue weighted by atomic mass is 32.2. The molecule has 1 N–H and O–H groups in total. The molecule has 0 spiro atoms. The third-order valence-corrected chi connectivity index (χ3v) is 6.29. The van der Waals surface area contributed by atoms with Crippen molar-refractivity contribution in [3.8, 4) is 5.69 Å². The van der Waals surface area contributed by atoms with Crippen molar-refractivity contribution in [3.05, 3.63) is 89.0 Å². The molecule has 2 aromatic carbocycles. The lowest BCUT2D eigenvalue weighted by Gasteiger charge is -2.19. The monoisotopic (exact) mass is 464 g/mol. The van der Waals surface area contributed by atoms with Crippen molar-refractivity contribution in [3.63, 3.8) is 0 Å². The predicted molar refractivity (Wildman–Crippen MR) is 126 cm³/mol. The summed E-state index contributed by atoms with van der Waals surface area (Å²) in [5.41, 5.74) is 3.98. The molecule has 170 valence electrons. The standard InChI is InChI=1S/C24H25FN6OS/c1-15-5-6-16(2)20(13-15)31-17(3)28-29-24(31)33-14-21(32)27-22(23-26-11-12-30(23)4)18-7-9-19(25)10-8-18/h5-13,22H,14H2,1-4H3,(H,27,32). The van der Waals surface area contributed by atoms with Crippen LogP contribution in [0, 0.1) is 26.6 Å². The van der Waals surface area contributed by atoms with Gasteiger partial charge in [0.1, 0.15) is 23.5 Å². The van der Waals surface area contributed by atoms with Gasteiger partial charge in [-0.2, -0.15) is 0 Å². The lowest BCUT2D eigenvalue weighted by molar-refractivity contribution is -0.119. The molecule has 2 heterocycles. The molecule has 0 saturated carbocycles. The minimum Gasteiger partial charge on any atom is -0.341 e. The second kappa shape index (κ2) is 9.58. The van der Waals surface area contributed by atoms with Crippen molar-refractivity contribution in [1.82, 2.24) is 29.6 Å². The summed E-state index contributed by atoms with van der Waals surface area (Å²) >= 11 is 1.32. The normalized spacial score (nSPS) is 12.0. The van der Waals surface area contributed by atoms with Gasteiger partial charge in [-0.1, -0.05) is 36.0 Å². The van der Waals surface area contributed by atoms with Gasteiger partial charge >= 0.3 is 0 Å². The van der Waals surface area contributed by atoms with E-state index in [4.69, 9.17) is 0 Å². The molecule has 0 bridgehead atoms. The number of aryl methyl sites for hydroxylation is 4. The number of thioether (sulfide) groups is 1. The molecule has 7 nitrogen and oxygen atoms in total. The molecule has 2 aromatic heterocycles. The zero-order chi connectivity index (χ0) is 23.5. The summed E-state index contributed by atoms with van der Waals surface area (Å²) in [6, 6.07) is 11.8. The molecule has 1 amide bonds. The van der Waals surface area contributed by atoms with Crippen LogP contribution in [0.2, 0.25) is 0 Å². The van der Waals surface area contributed by atoms with Gasteiger partial charge in [-0.25, -0.2) is 9.37 Å². The molecular weight excluding hydrogens is 439 g/mol. The van der Waals surface area contributed by atoms with E-state index in [0.29, 0.717) is 11.0 Å². The highest BCUT2D eigenvalue weighted by Gasteiger charge is 2.22. The van der Waals surface area contributed by atoms with Gasteiger partial charge < -0.3 is 9.88 Å². The van der Waals surface area contributed by atoms with Crippen LogP contribution in [0.4, 0.5) is 4.39 Å². The van der Waals surface area contributed by atoms with Crippen LogP contribution in [0.5, 0.6) is 0 Å². The summed E-state index contributed by atoms with van der Waals surface area (Å²) < 4.78 is 17.3. The predicted octanol–water partition coefficient (Wildman–Crippen LogP) is 4.06. The Bertz CT molecular complexity index is 1280. The molecule has 9 heteroatoms. The summed E-state index contributed by atoms with van der Waals surface area (Å²) in [4.78, 5) is 17.3. The minimum absolute atomic E-state index is 0.144. The van der Waals surface area contributed by atoms with Crippen molar-refractivity contribution in [1.29, 1.82) is 0 Å². The van der Waals surface area contributed by atoms with E-state index >= 15 is 0 Å². The number of carbonyl (C=O) groups is 1. The van der Waals surface area contributed by atoms with Crippen molar-refractivity contribution < 1.29 is 9.18 Å². The van der Waals surface area contributed by atoms with E-state index in [0.717, 1.165) is 28.2 Å².